The Morgan fingerprint density at radius 1 is 1.24 bits per heavy atom. The fraction of sp³-hybridized carbons (Fsp3) is 0.294. The zero-order valence-corrected chi connectivity index (χ0v) is 15.0. The molecule has 25 heavy (non-hydrogen) atoms. The van der Waals surface area contributed by atoms with Crippen LogP contribution in [0.25, 0.3) is 0 Å². The second-order valence-electron chi connectivity index (χ2n) is 5.14. The van der Waals surface area contributed by atoms with Gasteiger partial charge in [0, 0.05) is 10.9 Å². The minimum absolute atomic E-state index is 0.0410. The number of thiophene rings is 1. The molecule has 2 rings (SSSR count). The Kier molecular flexibility index (Phi) is 5.63. The van der Waals surface area contributed by atoms with Crippen LogP contribution in [-0.2, 0) is 6.42 Å². The summed E-state index contributed by atoms with van der Waals surface area (Å²) in [4.78, 5) is 24.8. The monoisotopic (exact) mass is 367 g/mol. The molecule has 8 heteroatoms. The quantitative estimate of drug-likeness (QED) is 0.813. The van der Waals surface area contributed by atoms with Crippen molar-refractivity contribution in [3.05, 3.63) is 39.5 Å². The van der Waals surface area contributed by atoms with Crippen LogP contribution in [0.15, 0.2) is 12.1 Å². The molecule has 0 unspecified atom stereocenters. The lowest BCUT2D eigenvalue weighted by atomic mass is 10.1. The van der Waals surface area contributed by atoms with Crippen LogP contribution in [0.5, 0.6) is 11.5 Å². The summed E-state index contributed by atoms with van der Waals surface area (Å²) in [7, 11) is 2.73. The number of ether oxygens (including phenoxy) is 2. The summed E-state index contributed by atoms with van der Waals surface area (Å²) in [6, 6.07) is 2.26. The van der Waals surface area contributed by atoms with E-state index < -0.39 is 17.7 Å². The third-order valence-electron chi connectivity index (χ3n) is 3.72. The first kappa shape index (κ1) is 18.7. The number of carboxylic acids is 1. The smallest absolute Gasteiger partial charge is 0.339 e. The highest BCUT2D eigenvalue weighted by Crippen LogP contribution is 2.35. The number of carboxylic acid groups (broad SMARTS) is 1. The first-order valence-electron chi connectivity index (χ1n) is 7.42. The van der Waals surface area contributed by atoms with E-state index in [-0.39, 0.29) is 27.6 Å². The molecule has 1 aromatic heterocycles. The number of aryl methyl sites for hydroxylation is 1. The normalized spacial score (nSPS) is 10.4. The van der Waals surface area contributed by atoms with Crippen molar-refractivity contribution in [3.63, 3.8) is 0 Å². The Morgan fingerprint density at radius 2 is 1.84 bits per heavy atom. The van der Waals surface area contributed by atoms with Crippen LogP contribution in [0.2, 0.25) is 0 Å². The Hall–Kier alpha value is -2.61. The van der Waals surface area contributed by atoms with E-state index in [1.807, 2.05) is 6.92 Å². The number of amides is 1. The molecule has 0 saturated carbocycles. The molecule has 1 aromatic carbocycles. The lowest BCUT2D eigenvalue weighted by Gasteiger charge is -2.11. The fourth-order valence-electron chi connectivity index (χ4n) is 2.52. The van der Waals surface area contributed by atoms with E-state index >= 15 is 0 Å². The van der Waals surface area contributed by atoms with E-state index in [2.05, 4.69) is 5.32 Å². The molecule has 0 aliphatic heterocycles. The van der Waals surface area contributed by atoms with Gasteiger partial charge in [0.25, 0.3) is 5.91 Å². The van der Waals surface area contributed by atoms with E-state index in [1.165, 1.54) is 20.3 Å². The highest BCUT2D eigenvalue weighted by Gasteiger charge is 2.24. The molecule has 6 nitrogen and oxygen atoms in total. The standard InChI is InChI=1S/C17H18FNO5S/c1-5-9-8(2)25-16(14(9)17(21)22)19-15(20)10-6-12(23-3)13(24-4)7-11(10)18/h6-7H,5H2,1-4H3,(H,19,20)(H,21,22). The van der Waals surface area contributed by atoms with Crippen molar-refractivity contribution in [2.24, 2.45) is 0 Å². The Morgan fingerprint density at radius 3 is 2.36 bits per heavy atom. The number of carbonyl (C=O) groups excluding carboxylic acids is 1. The molecule has 0 aliphatic rings. The van der Waals surface area contributed by atoms with Crippen molar-refractivity contribution in [2.75, 3.05) is 19.5 Å². The zero-order chi connectivity index (χ0) is 18.7. The van der Waals surface area contributed by atoms with Crippen molar-refractivity contribution in [3.8, 4) is 11.5 Å². The van der Waals surface area contributed by atoms with Gasteiger partial charge in [-0.1, -0.05) is 6.92 Å². The third-order valence-corrected chi connectivity index (χ3v) is 4.78. The van der Waals surface area contributed by atoms with Crippen molar-refractivity contribution in [2.45, 2.75) is 20.3 Å². The molecular weight excluding hydrogens is 349 g/mol. The minimum atomic E-state index is -1.13. The molecule has 2 N–H and O–H groups in total. The topological polar surface area (TPSA) is 84.9 Å². The number of hydrogen-bond donors (Lipinski definition) is 2. The number of aromatic carboxylic acids is 1. The fourth-order valence-corrected chi connectivity index (χ4v) is 3.65. The number of methoxy groups -OCH3 is 2. The van der Waals surface area contributed by atoms with Gasteiger partial charge in [0.15, 0.2) is 11.5 Å². The minimum Gasteiger partial charge on any atom is -0.493 e. The van der Waals surface area contributed by atoms with Gasteiger partial charge in [-0.2, -0.15) is 0 Å². The van der Waals surface area contributed by atoms with Gasteiger partial charge in [-0.25, -0.2) is 9.18 Å². The number of halogens is 1. The summed E-state index contributed by atoms with van der Waals surface area (Å²) in [5.41, 5.74) is 0.429. The molecule has 0 fully saturated rings. The van der Waals surface area contributed by atoms with Crippen molar-refractivity contribution < 1.29 is 28.6 Å². The average molecular weight is 367 g/mol. The first-order chi connectivity index (χ1) is 11.8. The van der Waals surface area contributed by atoms with E-state index in [1.54, 1.807) is 6.92 Å². The largest absolute Gasteiger partial charge is 0.493 e. The van der Waals surface area contributed by atoms with Gasteiger partial charge in [0.2, 0.25) is 0 Å². The van der Waals surface area contributed by atoms with Crippen molar-refractivity contribution >= 4 is 28.2 Å². The molecular formula is C17H18FNO5S. The molecule has 0 radical (unpaired) electrons. The van der Waals surface area contributed by atoms with Crippen molar-refractivity contribution in [1.29, 1.82) is 0 Å². The number of benzene rings is 1. The SMILES string of the molecule is CCc1c(C)sc(NC(=O)c2cc(OC)c(OC)cc2F)c1C(=O)O. The van der Waals surface area contributed by atoms with E-state index in [4.69, 9.17) is 9.47 Å². The van der Waals surface area contributed by atoms with Crippen LogP contribution in [-0.4, -0.2) is 31.2 Å². The Balaban J connectivity index is 2.43. The van der Waals surface area contributed by atoms with Gasteiger partial charge < -0.3 is 19.9 Å². The maximum absolute atomic E-state index is 14.2. The van der Waals surface area contributed by atoms with Crippen LogP contribution in [0, 0.1) is 12.7 Å². The van der Waals surface area contributed by atoms with Crippen LogP contribution < -0.4 is 14.8 Å². The summed E-state index contributed by atoms with van der Waals surface area (Å²) in [6.45, 7) is 3.61. The van der Waals surface area contributed by atoms with Gasteiger partial charge in [-0.3, -0.25) is 4.79 Å². The van der Waals surface area contributed by atoms with Crippen LogP contribution in [0.4, 0.5) is 9.39 Å². The highest BCUT2D eigenvalue weighted by atomic mass is 32.1. The first-order valence-corrected chi connectivity index (χ1v) is 8.24. The second-order valence-corrected chi connectivity index (χ2v) is 6.37. The molecule has 0 aliphatic carbocycles. The predicted octanol–water partition coefficient (Wildman–Crippen LogP) is 3.73. The number of anilines is 1. The molecule has 0 bridgehead atoms. The molecule has 0 spiro atoms. The average Bonchev–Trinajstić information content (AvgIpc) is 2.89. The molecule has 1 heterocycles. The van der Waals surface area contributed by atoms with Crippen molar-refractivity contribution in [1.82, 2.24) is 0 Å². The van der Waals surface area contributed by atoms with Gasteiger partial charge in [0.05, 0.1) is 25.3 Å². The summed E-state index contributed by atoms with van der Waals surface area (Å²) in [5, 5.41) is 12.1. The van der Waals surface area contributed by atoms with Crippen LogP contribution in [0.1, 0.15) is 38.1 Å². The molecule has 134 valence electrons. The number of rotatable bonds is 6. The summed E-state index contributed by atoms with van der Waals surface area (Å²) in [5.74, 6) is -2.34. The summed E-state index contributed by atoms with van der Waals surface area (Å²) >= 11 is 1.15. The van der Waals surface area contributed by atoms with E-state index in [9.17, 15) is 19.1 Å². The third kappa shape index (κ3) is 3.58. The highest BCUT2D eigenvalue weighted by molar-refractivity contribution is 7.16. The summed E-state index contributed by atoms with van der Waals surface area (Å²) in [6.07, 6.45) is 0.518. The Labute approximate surface area is 148 Å². The number of nitrogens with one attached hydrogen (secondary N) is 1. The lowest BCUT2D eigenvalue weighted by molar-refractivity contribution is 0.0697. The maximum atomic E-state index is 14.2. The van der Waals surface area contributed by atoms with Gasteiger partial charge in [0.1, 0.15) is 10.8 Å². The summed E-state index contributed by atoms with van der Waals surface area (Å²) < 4.78 is 24.3. The lowest BCUT2D eigenvalue weighted by Crippen LogP contribution is -2.15. The molecule has 1 amide bonds. The number of hydrogen-bond acceptors (Lipinski definition) is 5. The van der Waals surface area contributed by atoms with Gasteiger partial charge >= 0.3 is 5.97 Å². The van der Waals surface area contributed by atoms with Gasteiger partial charge in [-0.05, 0) is 25.0 Å². The molecule has 2 aromatic rings. The predicted molar refractivity (Wildman–Crippen MR) is 92.9 cm³/mol. The van der Waals surface area contributed by atoms with Crippen LogP contribution >= 0.6 is 11.3 Å². The number of carbonyl (C=O) groups is 2. The molecule has 0 atom stereocenters. The zero-order valence-electron chi connectivity index (χ0n) is 14.2. The maximum Gasteiger partial charge on any atom is 0.339 e. The van der Waals surface area contributed by atoms with Gasteiger partial charge in [-0.15, -0.1) is 11.3 Å². The second kappa shape index (κ2) is 7.52. The molecule has 0 saturated heterocycles. The van der Waals surface area contributed by atoms with E-state index in [0.29, 0.717) is 12.0 Å². The van der Waals surface area contributed by atoms with Crippen LogP contribution in [0.3, 0.4) is 0 Å². The Bertz CT molecular complexity index is 831. The van der Waals surface area contributed by atoms with E-state index in [0.717, 1.165) is 22.3 Å².